The molecule has 24 heavy (non-hydrogen) atoms. The van der Waals surface area contributed by atoms with Crippen molar-refractivity contribution in [3.8, 4) is 0 Å². The zero-order valence-corrected chi connectivity index (χ0v) is 14.8. The molecule has 0 aromatic heterocycles. The van der Waals surface area contributed by atoms with Crippen LogP contribution in [0.1, 0.15) is 35.4 Å². The van der Waals surface area contributed by atoms with E-state index in [9.17, 15) is 8.42 Å². The second kappa shape index (κ2) is 6.01. The molecule has 4 rings (SSSR count). The molecule has 0 bridgehead atoms. The van der Waals surface area contributed by atoms with Crippen LogP contribution >= 0.6 is 0 Å². The van der Waals surface area contributed by atoms with Gasteiger partial charge in [-0.3, -0.25) is 0 Å². The standard InChI is InChI=1S/C20H23NO2S/c1-15-6-10-18(11-7-15)24(22,23)21-13-12-20-17(14-21)9-8-16-4-2-3-5-19(16)20/h2-7,10-11,17,20H,8-9,12-14H2,1H3/t17-,20-/m1/s1. The lowest BCUT2D eigenvalue weighted by Gasteiger charge is -2.41. The highest BCUT2D eigenvalue weighted by molar-refractivity contribution is 7.89. The minimum absolute atomic E-state index is 0.419. The molecule has 1 aliphatic carbocycles. The SMILES string of the molecule is Cc1ccc(S(=O)(=O)N2CC[C@H]3c4ccccc4CC[C@@H]3C2)cc1. The Balaban J connectivity index is 1.58. The van der Waals surface area contributed by atoms with Gasteiger partial charge < -0.3 is 0 Å². The Morgan fingerprint density at radius 2 is 1.75 bits per heavy atom. The minimum Gasteiger partial charge on any atom is -0.207 e. The largest absolute Gasteiger partial charge is 0.243 e. The maximum atomic E-state index is 12.9. The molecular formula is C20H23NO2S. The predicted molar refractivity (Wildman–Crippen MR) is 95.5 cm³/mol. The van der Waals surface area contributed by atoms with Gasteiger partial charge in [0.05, 0.1) is 4.90 Å². The maximum absolute atomic E-state index is 12.9. The Labute approximate surface area is 144 Å². The van der Waals surface area contributed by atoms with E-state index in [4.69, 9.17) is 0 Å². The van der Waals surface area contributed by atoms with E-state index in [1.165, 1.54) is 11.1 Å². The summed E-state index contributed by atoms with van der Waals surface area (Å²) in [5.41, 5.74) is 3.98. The number of hydrogen-bond acceptors (Lipinski definition) is 2. The normalized spacial score (nSPS) is 24.2. The Morgan fingerprint density at radius 3 is 2.54 bits per heavy atom. The van der Waals surface area contributed by atoms with Crippen LogP contribution in [-0.2, 0) is 16.4 Å². The molecule has 0 amide bonds. The topological polar surface area (TPSA) is 37.4 Å². The van der Waals surface area contributed by atoms with Crippen LogP contribution in [0.25, 0.3) is 0 Å². The van der Waals surface area contributed by atoms with E-state index in [1.807, 2.05) is 19.1 Å². The van der Waals surface area contributed by atoms with Crippen LogP contribution in [0.3, 0.4) is 0 Å². The van der Waals surface area contributed by atoms with Crippen LogP contribution in [-0.4, -0.2) is 25.8 Å². The first-order chi connectivity index (χ1) is 11.6. The molecule has 1 saturated heterocycles. The van der Waals surface area contributed by atoms with Gasteiger partial charge in [-0.05, 0) is 61.3 Å². The molecule has 1 aliphatic heterocycles. The highest BCUT2D eigenvalue weighted by Gasteiger charge is 2.38. The maximum Gasteiger partial charge on any atom is 0.243 e. The first-order valence-corrected chi connectivity index (χ1v) is 10.1. The van der Waals surface area contributed by atoms with Gasteiger partial charge in [0, 0.05) is 13.1 Å². The van der Waals surface area contributed by atoms with Gasteiger partial charge in [-0.25, -0.2) is 8.42 Å². The van der Waals surface area contributed by atoms with E-state index < -0.39 is 10.0 Å². The lowest BCUT2D eigenvalue weighted by molar-refractivity contribution is 0.214. The van der Waals surface area contributed by atoms with Gasteiger partial charge in [0.1, 0.15) is 0 Å². The Kier molecular flexibility index (Phi) is 3.97. The third kappa shape index (κ3) is 2.68. The van der Waals surface area contributed by atoms with Crippen molar-refractivity contribution < 1.29 is 8.42 Å². The van der Waals surface area contributed by atoms with Crippen molar-refractivity contribution in [1.82, 2.24) is 4.31 Å². The van der Waals surface area contributed by atoms with Crippen LogP contribution in [0.2, 0.25) is 0 Å². The van der Waals surface area contributed by atoms with E-state index in [0.717, 1.165) is 24.8 Å². The molecule has 2 aliphatic rings. The summed E-state index contributed by atoms with van der Waals surface area (Å²) in [6, 6.07) is 15.9. The molecule has 1 fully saturated rings. The summed E-state index contributed by atoms with van der Waals surface area (Å²) in [4.78, 5) is 0.419. The molecule has 2 aromatic carbocycles. The summed E-state index contributed by atoms with van der Waals surface area (Å²) in [5.74, 6) is 0.952. The fraction of sp³-hybridized carbons (Fsp3) is 0.400. The molecule has 126 valence electrons. The third-order valence-corrected chi connectivity index (χ3v) is 7.47. The summed E-state index contributed by atoms with van der Waals surface area (Å²) in [6.45, 7) is 3.24. The number of piperidine rings is 1. The van der Waals surface area contributed by atoms with Crippen molar-refractivity contribution in [1.29, 1.82) is 0 Å². The van der Waals surface area contributed by atoms with Gasteiger partial charge in [0.2, 0.25) is 10.0 Å². The molecule has 0 radical (unpaired) electrons. The molecule has 0 spiro atoms. The van der Waals surface area contributed by atoms with Gasteiger partial charge >= 0.3 is 0 Å². The van der Waals surface area contributed by atoms with Gasteiger partial charge in [-0.15, -0.1) is 0 Å². The molecule has 3 nitrogen and oxygen atoms in total. The number of aryl methyl sites for hydroxylation is 2. The molecule has 2 aromatic rings. The molecule has 1 heterocycles. The van der Waals surface area contributed by atoms with Crippen molar-refractivity contribution >= 4 is 10.0 Å². The second-order valence-electron chi connectivity index (χ2n) is 7.07. The van der Waals surface area contributed by atoms with Crippen LogP contribution < -0.4 is 0 Å². The smallest absolute Gasteiger partial charge is 0.207 e. The number of nitrogens with zero attached hydrogens (tertiary/aromatic N) is 1. The van der Waals surface area contributed by atoms with Crippen LogP contribution in [0, 0.1) is 12.8 Å². The van der Waals surface area contributed by atoms with Crippen LogP contribution in [0.5, 0.6) is 0 Å². The Bertz CT molecular complexity index is 842. The zero-order chi connectivity index (χ0) is 16.7. The van der Waals surface area contributed by atoms with Gasteiger partial charge in [-0.2, -0.15) is 4.31 Å². The zero-order valence-electron chi connectivity index (χ0n) is 14.0. The fourth-order valence-electron chi connectivity index (χ4n) is 4.24. The molecular weight excluding hydrogens is 318 g/mol. The van der Waals surface area contributed by atoms with Gasteiger partial charge in [-0.1, -0.05) is 42.0 Å². The summed E-state index contributed by atoms with van der Waals surface area (Å²) < 4.78 is 27.6. The summed E-state index contributed by atoms with van der Waals surface area (Å²) >= 11 is 0. The Morgan fingerprint density at radius 1 is 1.00 bits per heavy atom. The summed E-state index contributed by atoms with van der Waals surface area (Å²) in [6.07, 6.45) is 3.07. The number of benzene rings is 2. The molecule has 0 unspecified atom stereocenters. The Hall–Kier alpha value is -1.65. The summed E-state index contributed by atoms with van der Waals surface area (Å²) in [5, 5.41) is 0. The van der Waals surface area contributed by atoms with E-state index in [-0.39, 0.29) is 0 Å². The van der Waals surface area contributed by atoms with Gasteiger partial charge in [0.15, 0.2) is 0 Å². The summed E-state index contributed by atoms with van der Waals surface area (Å²) in [7, 11) is -3.37. The van der Waals surface area contributed by atoms with Crippen molar-refractivity contribution in [3.63, 3.8) is 0 Å². The minimum atomic E-state index is -3.37. The van der Waals surface area contributed by atoms with Gasteiger partial charge in [0.25, 0.3) is 0 Å². The third-order valence-electron chi connectivity index (χ3n) is 5.59. The fourth-order valence-corrected chi connectivity index (χ4v) is 5.75. The van der Waals surface area contributed by atoms with E-state index in [1.54, 1.807) is 16.4 Å². The highest BCUT2D eigenvalue weighted by Crippen LogP contribution is 2.42. The van der Waals surface area contributed by atoms with E-state index in [0.29, 0.717) is 29.8 Å². The average Bonchev–Trinajstić information content (AvgIpc) is 2.61. The van der Waals surface area contributed by atoms with Crippen molar-refractivity contribution in [3.05, 3.63) is 65.2 Å². The van der Waals surface area contributed by atoms with E-state index in [2.05, 4.69) is 24.3 Å². The number of sulfonamides is 1. The predicted octanol–water partition coefficient (Wildman–Crippen LogP) is 3.74. The van der Waals surface area contributed by atoms with Crippen molar-refractivity contribution in [2.24, 2.45) is 5.92 Å². The lowest BCUT2D eigenvalue weighted by Crippen LogP contribution is -2.44. The molecule has 4 heteroatoms. The second-order valence-corrected chi connectivity index (χ2v) is 9.01. The van der Waals surface area contributed by atoms with Crippen molar-refractivity contribution in [2.45, 2.75) is 37.0 Å². The first-order valence-electron chi connectivity index (χ1n) is 8.70. The van der Waals surface area contributed by atoms with Crippen LogP contribution in [0.4, 0.5) is 0 Å². The molecule has 0 N–H and O–H groups in total. The number of rotatable bonds is 2. The molecule has 0 saturated carbocycles. The average molecular weight is 341 g/mol. The van der Waals surface area contributed by atoms with Crippen LogP contribution in [0.15, 0.2) is 53.4 Å². The first kappa shape index (κ1) is 15.9. The number of hydrogen-bond donors (Lipinski definition) is 0. The highest BCUT2D eigenvalue weighted by atomic mass is 32.2. The molecule has 2 atom stereocenters. The van der Waals surface area contributed by atoms with Crippen molar-refractivity contribution in [2.75, 3.05) is 13.1 Å². The quantitative estimate of drug-likeness (QED) is 0.834. The number of fused-ring (bicyclic) bond motifs is 3. The monoisotopic (exact) mass is 341 g/mol. The van der Waals surface area contributed by atoms with E-state index >= 15 is 0 Å². The lowest BCUT2D eigenvalue weighted by atomic mass is 9.72.